The van der Waals surface area contributed by atoms with Crippen LogP contribution in [0.3, 0.4) is 0 Å². The lowest BCUT2D eigenvalue weighted by Crippen LogP contribution is -2.10. The molecule has 0 bridgehead atoms. The van der Waals surface area contributed by atoms with Crippen LogP contribution >= 0.6 is 0 Å². The molecule has 106 valence electrons. The SMILES string of the molecule is CC(Nc1ccc(F)cc1)c1cccc(C(F)(F)F)c1. The number of halogens is 4. The number of hydrogen-bond acceptors (Lipinski definition) is 1. The smallest absolute Gasteiger partial charge is 0.379 e. The van der Waals surface area contributed by atoms with Crippen LogP contribution in [0, 0.1) is 5.82 Å². The van der Waals surface area contributed by atoms with Crippen molar-refractivity contribution in [3.63, 3.8) is 0 Å². The van der Waals surface area contributed by atoms with Crippen LogP contribution in [0.25, 0.3) is 0 Å². The van der Waals surface area contributed by atoms with Crippen LogP contribution in [0.15, 0.2) is 48.5 Å². The standard InChI is InChI=1S/C15H13F4N/c1-10(20-14-7-5-13(16)6-8-14)11-3-2-4-12(9-11)15(17,18)19/h2-10,20H,1H3. The van der Waals surface area contributed by atoms with Gasteiger partial charge in [0.2, 0.25) is 0 Å². The first-order chi connectivity index (χ1) is 9.36. The summed E-state index contributed by atoms with van der Waals surface area (Å²) in [5, 5.41) is 3.03. The van der Waals surface area contributed by atoms with E-state index in [1.54, 1.807) is 25.1 Å². The zero-order valence-corrected chi connectivity index (χ0v) is 10.7. The Kier molecular flexibility index (Phi) is 3.97. The molecule has 0 aliphatic heterocycles. The minimum atomic E-state index is -4.36. The highest BCUT2D eigenvalue weighted by molar-refractivity contribution is 5.45. The molecule has 0 fully saturated rings. The zero-order valence-electron chi connectivity index (χ0n) is 10.7. The number of nitrogens with one attached hydrogen (secondary N) is 1. The normalized spacial score (nSPS) is 13.1. The minimum absolute atomic E-state index is 0.317. The van der Waals surface area contributed by atoms with Crippen LogP contribution in [0.1, 0.15) is 24.1 Å². The van der Waals surface area contributed by atoms with E-state index in [4.69, 9.17) is 0 Å². The number of alkyl halides is 3. The molecule has 0 aromatic heterocycles. The average Bonchev–Trinajstić information content (AvgIpc) is 2.40. The fourth-order valence-corrected chi connectivity index (χ4v) is 1.86. The van der Waals surface area contributed by atoms with Crippen LogP contribution < -0.4 is 5.32 Å². The van der Waals surface area contributed by atoms with Gasteiger partial charge in [0.1, 0.15) is 5.82 Å². The van der Waals surface area contributed by atoms with Gasteiger partial charge in [-0.2, -0.15) is 13.2 Å². The topological polar surface area (TPSA) is 12.0 Å². The highest BCUT2D eigenvalue weighted by atomic mass is 19.4. The summed E-state index contributed by atoms with van der Waals surface area (Å²) in [4.78, 5) is 0. The van der Waals surface area contributed by atoms with E-state index in [1.165, 1.54) is 18.2 Å². The van der Waals surface area contributed by atoms with E-state index >= 15 is 0 Å². The molecule has 5 heteroatoms. The maximum atomic E-state index is 12.8. The molecule has 2 aromatic carbocycles. The highest BCUT2D eigenvalue weighted by Crippen LogP contribution is 2.31. The van der Waals surface area contributed by atoms with Gasteiger partial charge < -0.3 is 5.32 Å². The molecule has 0 aliphatic rings. The van der Waals surface area contributed by atoms with Gasteiger partial charge >= 0.3 is 6.18 Å². The predicted molar refractivity (Wildman–Crippen MR) is 69.9 cm³/mol. The molecule has 0 spiro atoms. The van der Waals surface area contributed by atoms with E-state index < -0.39 is 11.7 Å². The molecule has 0 saturated carbocycles. The highest BCUT2D eigenvalue weighted by Gasteiger charge is 2.30. The summed E-state index contributed by atoms with van der Waals surface area (Å²) in [7, 11) is 0. The second kappa shape index (κ2) is 5.53. The first kappa shape index (κ1) is 14.4. The molecule has 1 unspecified atom stereocenters. The van der Waals surface area contributed by atoms with E-state index in [0.29, 0.717) is 11.3 Å². The molecule has 0 radical (unpaired) electrons. The number of rotatable bonds is 3. The molecular weight excluding hydrogens is 270 g/mol. The molecule has 1 atom stereocenters. The summed E-state index contributed by atoms with van der Waals surface area (Å²) in [6.07, 6.45) is -4.36. The van der Waals surface area contributed by atoms with Crippen molar-refractivity contribution in [1.29, 1.82) is 0 Å². The third kappa shape index (κ3) is 3.50. The van der Waals surface area contributed by atoms with Crippen molar-refractivity contribution >= 4 is 5.69 Å². The Bertz CT molecular complexity index is 575. The summed E-state index contributed by atoms with van der Waals surface area (Å²) in [5.41, 5.74) is 0.489. The van der Waals surface area contributed by atoms with Crippen molar-refractivity contribution in [3.8, 4) is 0 Å². The second-order valence-electron chi connectivity index (χ2n) is 4.50. The third-order valence-corrected chi connectivity index (χ3v) is 2.94. The molecule has 0 amide bonds. The maximum Gasteiger partial charge on any atom is 0.416 e. The van der Waals surface area contributed by atoms with Crippen molar-refractivity contribution in [2.24, 2.45) is 0 Å². The van der Waals surface area contributed by atoms with E-state index in [0.717, 1.165) is 12.1 Å². The van der Waals surface area contributed by atoms with Crippen molar-refractivity contribution < 1.29 is 17.6 Å². The molecule has 1 nitrogen and oxygen atoms in total. The molecule has 2 aromatic rings. The average molecular weight is 283 g/mol. The summed E-state index contributed by atoms with van der Waals surface area (Å²) in [6, 6.07) is 10.5. The monoisotopic (exact) mass is 283 g/mol. The number of hydrogen-bond donors (Lipinski definition) is 1. The summed E-state index contributed by atoms with van der Waals surface area (Å²) in [6.45, 7) is 1.75. The van der Waals surface area contributed by atoms with Gasteiger partial charge in [-0.15, -0.1) is 0 Å². The Morgan fingerprint density at radius 2 is 1.65 bits per heavy atom. The largest absolute Gasteiger partial charge is 0.416 e. The first-order valence-corrected chi connectivity index (χ1v) is 6.05. The summed E-state index contributed by atoms with van der Waals surface area (Å²) in [5.74, 6) is -0.359. The number of anilines is 1. The van der Waals surface area contributed by atoms with Gasteiger partial charge in [0.25, 0.3) is 0 Å². The Morgan fingerprint density at radius 1 is 1.00 bits per heavy atom. The molecule has 2 rings (SSSR count). The first-order valence-electron chi connectivity index (χ1n) is 6.05. The van der Waals surface area contributed by atoms with E-state index in [9.17, 15) is 17.6 Å². The van der Waals surface area contributed by atoms with Crippen LogP contribution in [0.5, 0.6) is 0 Å². The molecule has 0 aliphatic carbocycles. The Balaban J connectivity index is 2.17. The molecule has 1 N–H and O–H groups in total. The van der Waals surface area contributed by atoms with Crippen LogP contribution in [0.4, 0.5) is 23.2 Å². The Labute approximate surface area is 114 Å². The van der Waals surface area contributed by atoms with E-state index in [1.807, 2.05) is 0 Å². The Morgan fingerprint density at radius 3 is 2.25 bits per heavy atom. The lowest BCUT2D eigenvalue weighted by Gasteiger charge is -2.17. The van der Waals surface area contributed by atoms with Crippen LogP contribution in [-0.2, 0) is 6.18 Å². The lowest BCUT2D eigenvalue weighted by atomic mass is 10.0. The van der Waals surface area contributed by atoms with Gasteiger partial charge in [-0.05, 0) is 48.9 Å². The van der Waals surface area contributed by atoms with Crippen LogP contribution in [0.2, 0.25) is 0 Å². The quantitative estimate of drug-likeness (QED) is 0.780. The fourth-order valence-electron chi connectivity index (χ4n) is 1.86. The second-order valence-corrected chi connectivity index (χ2v) is 4.50. The van der Waals surface area contributed by atoms with E-state index in [2.05, 4.69) is 5.32 Å². The van der Waals surface area contributed by atoms with Crippen LogP contribution in [-0.4, -0.2) is 0 Å². The molecule has 20 heavy (non-hydrogen) atoms. The predicted octanol–water partition coefficient (Wildman–Crippen LogP) is 5.02. The minimum Gasteiger partial charge on any atom is -0.379 e. The molecule has 0 saturated heterocycles. The number of benzene rings is 2. The third-order valence-electron chi connectivity index (χ3n) is 2.94. The van der Waals surface area contributed by atoms with Gasteiger partial charge in [-0.25, -0.2) is 4.39 Å². The fraction of sp³-hybridized carbons (Fsp3) is 0.200. The summed E-state index contributed by atoms with van der Waals surface area (Å²) >= 11 is 0. The van der Waals surface area contributed by atoms with Gasteiger partial charge in [-0.3, -0.25) is 0 Å². The van der Waals surface area contributed by atoms with Gasteiger partial charge in [0, 0.05) is 11.7 Å². The van der Waals surface area contributed by atoms with Gasteiger partial charge in [0.05, 0.1) is 5.56 Å². The Hall–Kier alpha value is -2.04. The molecule has 0 heterocycles. The van der Waals surface area contributed by atoms with Crippen molar-refractivity contribution in [2.75, 3.05) is 5.32 Å². The van der Waals surface area contributed by atoms with Gasteiger partial charge in [0.15, 0.2) is 0 Å². The summed E-state index contributed by atoms with van der Waals surface area (Å²) < 4.78 is 50.7. The van der Waals surface area contributed by atoms with Crippen molar-refractivity contribution in [3.05, 3.63) is 65.5 Å². The maximum absolute atomic E-state index is 12.8. The lowest BCUT2D eigenvalue weighted by molar-refractivity contribution is -0.137. The zero-order chi connectivity index (χ0) is 14.8. The molecular formula is C15H13F4N. The van der Waals surface area contributed by atoms with Gasteiger partial charge in [-0.1, -0.05) is 12.1 Å². The van der Waals surface area contributed by atoms with Crippen molar-refractivity contribution in [1.82, 2.24) is 0 Å². The van der Waals surface area contributed by atoms with E-state index in [-0.39, 0.29) is 11.9 Å². The van der Waals surface area contributed by atoms with Crippen molar-refractivity contribution in [2.45, 2.75) is 19.1 Å².